The summed E-state index contributed by atoms with van der Waals surface area (Å²) in [5, 5.41) is 3.04. The molecular formula is C38H42N6O4. The number of rotatable bonds is 15. The lowest BCUT2D eigenvalue weighted by molar-refractivity contribution is -0.117. The smallest absolute Gasteiger partial charge is 0.231 e. The average molecular weight is 647 g/mol. The lowest BCUT2D eigenvalue weighted by Crippen LogP contribution is -2.29. The summed E-state index contributed by atoms with van der Waals surface area (Å²) in [4.78, 5) is 31.3. The van der Waals surface area contributed by atoms with E-state index < -0.39 is 0 Å². The van der Waals surface area contributed by atoms with Crippen molar-refractivity contribution in [3.63, 3.8) is 0 Å². The molecule has 4 aromatic carbocycles. The van der Waals surface area contributed by atoms with Crippen molar-refractivity contribution in [2.24, 2.45) is 5.73 Å². The maximum absolute atomic E-state index is 11.3. The van der Waals surface area contributed by atoms with E-state index in [-0.39, 0.29) is 12.5 Å². The maximum atomic E-state index is 11.3. The van der Waals surface area contributed by atoms with E-state index in [1.165, 1.54) is 5.56 Å². The van der Waals surface area contributed by atoms with E-state index in [1.54, 1.807) is 0 Å². The topological polar surface area (TPSA) is 126 Å². The standard InChI is InChI=1S/C20H24N4O2.C18H18N2O2/c1-2-26-11-10-24-18-12-16(15-6-4-3-5-7-15)8-9-17(18)23-20(24)14-22-13-19(21)25;1-2-22-11-10-20-17-12-15(14-6-4-3-5-7-14)8-9-16(17)19-18(20)13-21/h3-9,12,22H,2,10-11,13-14H2,1H3,(H2,21,25);3-9,12-13H,2,10-11H2,1H3. The number of aldehydes is 1. The Labute approximate surface area is 280 Å². The summed E-state index contributed by atoms with van der Waals surface area (Å²) in [6, 6.07) is 32.8. The number of nitrogens with two attached hydrogens (primary N) is 1. The first-order valence-electron chi connectivity index (χ1n) is 16.2. The van der Waals surface area contributed by atoms with Gasteiger partial charge in [-0.15, -0.1) is 0 Å². The molecule has 0 aliphatic heterocycles. The number of imidazole rings is 2. The second-order valence-electron chi connectivity index (χ2n) is 11.0. The average Bonchev–Trinajstić information content (AvgIpc) is 3.65. The molecule has 0 bridgehead atoms. The molecule has 6 aromatic rings. The fraction of sp³-hybridized carbons (Fsp3) is 0.263. The van der Waals surface area contributed by atoms with Crippen LogP contribution in [0.15, 0.2) is 97.1 Å². The molecule has 0 aliphatic carbocycles. The number of hydrogen-bond acceptors (Lipinski definition) is 7. The number of carbonyl (C=O) groups is 2. The molecular weight excluding hydrogens is 604 g/mol. The van der Waals surface area contributed by atoms with Crippen LogP contribution in [0, 0.1) is 0 Å². The highest BCUT2D eigenvalue weighted by atomic mass is 16.5. The van der Waals surface area contributed by atoms with Crippen LogP contribution in [-0.2, 0) is 33.9 Å². The first-order valence-corrected chi connectivity index (χ1v) is 16.2. The molecule has 3 N–H and O–H groups in total. The first-order chi connectivity index (χ1) is 23.5. The van der Waals surface area contributed by atoms with E-state index in [4.69, 9.17) is 20.2 Å². The number of ether oxygens (including phenoxy) is 2. The van der Waals surface area contributed by atoms with E-state index in [9.17, 15) is 9.59 Å². The molecule has 248 valence electrons. The summed E-state index contributed by atoms with van der Waals surface area (Å²) in [5.74, 6) is 0.930. The van der Waals surface area contributed by atoms with Gasteiger partial charge < -0.3 is 29.7 Å². The normalized spacial score (nSPS) is 11.0. The first kappa shape index (κ1) is 34.2. The van der Waals surface area contributed by atoms with Crippen LogP contribution in [0.2, 0.25) is 0 Å². The third-order valence-corrected chi connectivity index (χ3v) is 7.83. The summed E-state index contributed by atoms with van der Waals surface area (Å²) in [6.07, 6.45) is 0.800. The molecule has 0 aliphatic rings. The van der Waals surface area contributed by atoms with Crippen LogP contribution in [0.4, 0.5) is 0 Å². The molecule has 6 rings (SSSR count). The second kappa shape index (κ2) is 17.1. The third-order valence-electron chi connectivity index (χ3n) is 7.83. The molecule has 2 heterocycles. The molecule has 2 aromatic heterocycles. The zero-order valence-corrected chi connectivity index (χ0v) is 27.5. The Balaban J connectivity index is 0.000000190. The largest absolute Gasteiger partial charge is 0.380 e. The summed E-state index contributed by atoms with van der Waals surface area (Å²) < 4.78 is 15.0. The molecule has 0 spiro atoms. The van der Waals surface area contributed by atoms with Gasteiger partial charge in [0.25, 0.3) is 0 Å². The highest BCUT2D eigenvalue weighted by molar-refractivity contribution is 5.87. The molecule has 0 fully saturated rings. The monoisotopic (exact) mass is 646 g/mol. The number of benzene rings is 4. The van der Waals surface area contributed by atoms with Gasteiger partial charge in [0.05, 0.1) is 48.4 Å². The number of nitrogens with one attached hydrogen (secondary N) is 1. The lowest BCUT2D eigenvalue weighted by Gasteiger charge is -2.10. The highest BCUT2D eigenvalue weighted by Crippen LogP contribution is 2.26. The van der Waals surface area contributed by atoms with Crippen molar-refractivity contribution < 1.29 is 19.1 Å². The van der Waals surface area contributed by atoms with Gasteiger partial charge in [-0.1, -0.05) is 72.8 Å². The molecule has 0 unspecified atom stereocenters. The fourth-order valence-electron chi connectivity index (χ4n) is 5.54. The van der Waals surface area contributed by atoms with E-state index in [1.807, 2.05) is 73.0 Å². The van der Waals surface area contributed by atoms with Crippen molar-refractivity contribution in [3.8, 4) is 22.3 Å². The number of aromatic nitrogens is 4. The van der Waals surface area contributed by atoms with Crippen molar-refractivity contribution in [1.29, 1.82) is 0 Å². The van der Waals surface area contributed by atoms with Crippen LogP contribution in [0.3, 0.4) is 0 Å². The minimum absolute atomic E-state index is 0.129. The van der Waals surface area contributed by atoms with Gasteiger partial charge >= 0.3 is 0 Å². The van der Waals surface area contributed by atoms with Crippen LogP contribution in [-0.4, -0.2) is 64.3 Å². The number of hydrogen-bond donors (Lipinski definition) is 2. The quantitative estimate of drug-likeness (QED) is 0.106. The number of primary amides is 1. The summed E-state index contributed by atoms with van der Waals surface area (Å²) >= 11 is 0. The summed E-state index contributed by atoms with van der Waals surface area (Å²) in [6.45, 7) is 8.39. The van der Waals surface area contributed by atoms with Gasteiger partial charge in [0.15, 0.2) is 12.1 Å². The predicted octanol–water partition coefficient (Wildman–Crippen LogP) is 5.87. The Morgan fingerprint density at radius 1 is 0.729 bits per heavy atom. The third kappa shape index (κ3) is 8.60. The Morgan fingerprint density at radius 2 is 1.25 bits per heavy atom. The Kier molecular flexibility index (Phi) is 12.2. The predicted molar refractivity (Wildman–Crippen MR) is 190 cm³/mol. The number of nitrogens with zero attached hydrogens (tertiary/aromatic N) is 4. The van der Waals surface area contributed by atoms with E-state index >= 15 is 0 Å². The SMILES string of the molecule is CCOCCn1c(C=O)nc2ccc(-c3ccccc3)cc21.CCOCCn1c(CNCC(N)=O)nc2ccc(-c3ccccc3)cc21. The van der Waals surface area contributed by atoms with Crippen molar-refractivity contribution in [2.75, 3.05) is 33.0 Å². The highest BCUT2D eigenvalue weighted by Gasteiger charge is 2.13. The van der Waals surface area contributed by atoms with Gasteiger partial charge in [0.2, 0.25) is 5.91 Å². The molecule has 10 nitrogen and oxygen atoms in total. The van der Waals surface area contributed by atoms with E-state index in [0.29, 0.717) is 51.9 Å². The van der Waals surface area contributed by atoms with Crippen molar-refractivity contribution in [2.45, 2.75) is 33.5 Å². The second-order valence-corrected chi connectivity index (χ2v) is 11.0. The Morgan fingerprint density at radius 3 is 1.77 bits per heavy atom. The molecule has 48 heavy (non-hydrogen) atoms. The minimum Gasteiger partial charge on any atom is -0.380 e. The minimum atomic E-state index is -0.381. The van der Waals surface area contributed by atoms with Gasteiger partial charge in [0.1, 0.15) is 5.82 Å². The van der Waals surface area contributed by atoms with Crippen LogP contribution >= 0.6 is 0 Å². The van der Waals surface area contributed by atoms with Crippen LogP contribution in [0.5, 0.6) is 0 Å². The van der Waals surface area contributed by atoms with Crippen LogP contribution in [0.1, 0.15) is 30.3 Å². The summed E-state index contributed by atoms with van der Waals surface area (Å²) in [5.41, 5.74) is 13.6. The van der Waals surface area contributed by atoms with Gasteiger partial charge in [-0.3, -0.25) is 9.59 Å². The number of amides is 1. The zero-order valence-electron chi connectivity index (χ0n) is 27.5. The van der Waals surface area contributed by atoms with E-state index in [2.05, 4.69) is 57.3 Å². The molecule has 1 amide bonds. The van der Waals surface area contributed by atoms with Crippen molar-refractivity contribution >= 4 is 34.3 Å². The Hall–Kier alpha value is -5.16. The summed E-state index contributed by atoms with van der Waals surface area (Å²) in [7, 11) is 0. The number of carbonyl (C=O) groups excluding carboxylic acids is 2. The van der Waals surface area contributed by atoms with Gasteiger partial charge in [-0.25, -0.2) is 9.97 Å². The Bertz CT molecular complexity index is 1940. The van der Waals surface area contributed by atoms with Gasteiger partial charge in [-0.05, 0) is 60.4 Å². The molecule has 10 heteroatoms. The van der Waals surface area contributed by atoms with Crippen LogP contribution in [0.25, 0.3) is 44.3 Å². The molecule has 0 atom stereocenters. The molecule has 0 saturated heterocycles. The van der Waals surface area contributed by atoms with Gasteiger partial charge in [0, 0.05) is 26.3 Å². The van der Waals surface area contributed by atoms with Crippen molar-refractivity contribution in [1.82, 2.24) is 24.4 Å². The lowest BCUT2D eigenvalue weighted by atomic mass is 10.1. The van der Waals surface area contributed by atoms with Gasteiger partial charge in [-0.2, -0.15) is 0 Å². The van der Waals surface area contributed by atoms with Crippen molar-refractivity contribution in [3.05, 3.63) is 109 Å². The maximum Gasteiger partial charge on any atom is 0.231 e. The number of fused-ring (bicyclic) bond motifs is 2. The van der Waals surface area contributed by atoms with Crippen LogP contribution < -0.4 is 11.1 Å². The molecule has 0 saturated carbocycles. The molecule has 0 radical (unpaired) electrons. The zero-order chi connectivity index (χ0) is 33.7. The fourth-order valence-corrected chi connectivity index (χ4v) is 5.54. The van der Waals surface area contributed by atoms with E-state index in [0.717, 1.165) is 50.9 Å².